The van der Waals surface area contributed by atoms with E-state index in [4.69, 9.17) is 11.6 Å². The van der Waals surface area contributed by atoms with Gasteiger partial charge in [-0.15, -0.1) is 0 Å². The molecular formula is C21H21ClFN3O4S2. The van der Waals surface area contributed by atoms with Crippen molar-refractivity contribution in [2.45, 2.75) is 18.6 Å². The Hall–Kier alpha value is -2.27. The number of piperidine rings is 1. The number of aryl methyl sites for hydroxylation is 1. The second kappa shape index (κ2) is 8.93. The maximum absolute atomic E-state index is 14.0. The minimum absolute atomic E-state index is 0.0485. The van der Waals surface area contributed by atoms with Crippen LogP contribution in [0.1, 0.15) is 18.4 Å². The first-order valence-electron chi connectivity index (χ1n) is 9.97. The first kappa shape index (κ1) is 22.9. The van der Waals surface area contributed by atoms with Gasteiger partial charge in [0, 0.05) is 42.3 Å². The molecule has 1 fully saturated rings. The Balaban J connectivity index is 1.38. The van der Waals surface area contributed by atoms with E-state index < -0.39 is 21.6 Å². The number of carbonyl (C=O) groups is 1. The summed E-state index contributed by atoms with van der Waals surface area (Å²) in [6.07, 6.45) is 0.716. The molecule has 0 aliphatic carbocycles. The zero-order valence-electron chi connectivity index (χ0n) is 17.2. The number of amides is 1. The van der Waals surface area contributed by atoms with Crippen LogP contribution in [-0.2, 0) is 27.6 Å². The van der Waals surface area contributed by atoms with Crippen molar-refractivity contribution < 1.29 is 17.6 Å². The fourth-order valence-electron chi connectivity index (χ4n) is 3.80. The molecule has 4 rings (SSSR count). The molecule has 0 spiro atoms. The number of nitrogens with zero attached hydrogens (tertiary/aromatic N) is 2. The number of anilines is 1. The number of nitrogens with one attached hydrogen (secondary N) is 1. The molecule has 1 aliphatic rings. The van der Waals surface area contributed by atoms with Crippen molar-refractivity contribution >= 4 is 54.8 Å². The molecule has 1 amide bonds. The Bertz CT molecular complexity index is 1320. The van der Waals surface area contributed by atoms with Crippen molar-refractivity contribution in [3.63, 3.8) is 0 Å². The van der Waals surface area contributed by atoms with Gasteiger partial charge in [-0.1, -0.05) is 29.0 Å². The maximum atomic E-state index is 14.0. The highest BCUT2D eigenvalue weighted by atomic mass is 35.5. The third-order valence-corrected chi connectivity index (χ3v) is 8.82. The largest absolute Gasteiger partial charge is 0.326 e. The van der Waals surface area contributed by atoms with Gasteiger partial charge >= 0.3 is 4.87 Å². The van der Waals surface area contributed by atoms with Crippen LogP contribution in [0.15, 0.2) is 41.2 Å². The van der Waals surface area contributed by atoms with Crippen molar-refractivity contribution in [3.05, 3.63) is 62.5 Å². The molecule has 170 valence electrons. The average Bonchev–Trinajstić information content (AvgIpc) is 3.04. The lowest BCUT2D eigenvalue weighted by molar-refractivity contribution is -0.120. The van der Waals surface area contributed by atoms with E-state index in [1.165, 1.54) is 22.5 Å². The Morgan fingerprint density at radius 1 is 1.25 bits per heavy atom. The summed E-state index contributed by atoms with van der Waals surface area (Å²) in [7, 11) is -2.07. The van der Waals surface area contributed by atoms with E-state index in [0.29, 0.717) is 18.5 Å². The lowest BCUT2D eigenvalue weighted by Crippen LogP contribution is -2.42. The molecule has 0 bridgehead atoms. The van der Waals surface area contributed by atoms with Crippen molar-refractivity contribution in [1.82, 2.24) is 8.87 Å². The zero-order valence-corrected chi connectivity index (χ0v) is 19.6. The van der Waals surface area contributed by atoms with Crippen LogP contribution in [0.5, 0.6) is 0 Å². The van der Waals surface area contributed by atoms with E-state index in [2.05, 4.69) is 5.32 Å². The lowest BCUT2D eigenvalue weighted by Gasteiger charge is -2.30. The Kier molecular flexibility index (Phi) is 6.39. The summed E-state index contributed by atoms with van der Waals surface area (Å²) in [6, 6.07) is 9.34. The van der Waals surface area contributed by atoms with Gasteiger partial charge in [-0.3, -0.25) is 9.59 Å². The SMILES string of the molecule is Cn1c(=O)sc2cc(NC(=O)C3CCN(S(=O)(=O)Cc4c(F)cccc4Cl)CC3)ccc21. The summed E-state index contributed by atoms with van der Waals surface area (Å²) in [6.45, 7) is 0.345. The molecule has 0 unspecified atom stereocenters. The number of benzene rings is 2. The molecule has 1 N–H and O–H groups in total. The summed E-state index contributed by atoms with van der Waals surface area (Å²) in [5.41, 5.74) is 1.34. The molecule has 2 aromatic carbocycles. The smallest absolute Gasteiger partial charge is 0.307 e. The second-order valence-electron chi connectivity index (χ2n) is 7.73. The van der Waals surface area contributed by atoms with Gasteiger partial charge in [-0.2, -0.15) is 0 Å². The van der Waals surface area contributed by atoms with Crippen LogP contribution < -0.4 is 10.2 Å². The van der Waals surface area contributed by atoms with Crippen LogP contribution >= 0.6 is 22.9 Å². The van der Waals surface area contributed by atoms with E-state index in [0.717, 1.165) is 21.6 Å². The first-order chi connectivity index (χ1) is 15.2. The van der Waals surface area contributed by atoms with Crippen molar-refractivity contribution in [2.75, 3.05) is 18.4 Å². The second-order valence-corrected chi connectivity index (χ2v) is 11.1. The number of thiazole rings is 1. The average molecular weight is 498 g/mol. The monoisotopic (exact) mass is 497 g/mol. The summed E-state index contributed by atoms with van der Waals surface area (Å²) in [4.78, 5) is 24.4. The quantitative estimate of drug-likeness (QED) is 0.583. The summed E-state index contributed by atoms with van der Waals surface area (Å²) in [5, 5.41) is 2.93. The minimum Gasteiger partial charge on any atom is -0.326 e. The topological polar surface area (TPSA) is 88.5 Å². The third-order valence-electron chi connectivity index (χ3n) is 5.67. The van der Waals surface area contributed by atoms with Crippen molar-refractivity contribution in [2.24, 2.45) is 13.0 Å². The lowest BCUT2D eigenvalue weighted by atomic mass is 9.97. The van der Waals surface area contributed by atoms with Crippen molar-refractivity contribution in [3.8, 4) is 0 Å². The Morgan fingerprint density at radius 3 is 2.66 bits per heavy atom. The number of halogens is 2. The van der Waals surface area contributed by atoms with Crippen LogP contribution in [0.2, 0.25) is 5.02 Å². The molecule has 7 nitrogen and oxygen atoms in total. The van der Waals surface area contributed by atoms with E-state index in [1.807, 2.05) is 0 Å². The summed E-state index contributed by atoms with van der Waals surface area (Å²) in [5.74, 6) is -1.71. The highest BCUT2D eigenvalue weighted by Gasteiger charge is 2.32. The molecular weight excluding hydrogens is 477 g/mol. The molecule has 32 heavy (non-hydrogen) atoms. The van der Waals surface area contributed by atoms with Crippen LogP contribution in [0.4, 0.5) is 10.1 Å². The van der Waals surface area contributed by atoms with Gasteiger partial charge in [0.05, 0.1) is 16.0 Å². The molecule has 1 saturated heterocycles. The number of carbonyl (C=O) groups excluding carboxylic acids is 1. The van der Waals surface area contributed by atoms with Crippen LogP contribution in [0.3, 0.4) is 0 Å². The fraction of sp³-hybridized carbons (Fsp3) is 0.333. The number of sulfonamides is 1. The van der Waals surface area contributed by atoms with Crippen LogP contribution in [0, 0.1) is 11.7 Å². The van der Waals surface area contributed by atoms with E-state index in [9.17, 15) is 22.4 Å². The normalized spacial score (nSPS) is 15.8. The molecule has 1 aliphatic heterocycles. The highest BCUT2D eigenvalue weighted by molar-refractivity contribution is 7.88. The number of aromatic nitrogens is 1. The number of hydrogen-bond donors (Lipinski definition) is 1. The summed E-state index contributed by atoms with van der Waals surface area (Å²) < 4.78 is 43.1. The van der Waals surface area contributed by atoms with Gasteiger partial charge in [0.25, 0.3) is 0 Å². The highest BCUT2D eigenvalue weighted by Crippen LogP contribution is 2.27. The molecule has 1 aromatic heterocycles. The zero-order chi connectivity index (χ0) is 23.0. The maximum Gasteiger partial charge on any atom is 0.307 e. The molecule has 11 heteroatoms. The molecule has 0 saturated carbocycles. The van der Waals surface area contributed by atoms with Gasteiger partial charge in [0.15, 0.2) is 0 Å². The number of fused-ring (bicyclic) bond motifs is 1. The number of rotatable bonds is 5. The Labute approximate surface area is 193 Å². The molecule has 0 radical (unpaired) electrons. The predicted octanol–water partition coefficient (Wildman–Crippen LogP) is 3.57. The van der Waals surface area contributed by atoms with Gasteiger partial charge in [-0.25, -0.2) is 17.1 Å². The van der Waals surface area contributed by atoms with E-state index in [1.54, 1.807) is 29.8 Å². The van der Waals surface area contributed by atoms with Gasteiger partial charge in [0.2, 0.25) is 15.9 Å². The summed E-state index contributed by atoms with van der Waals surface area (Å²) >= 11 is 7.08. The predicted molar refractivity (Wildman–Crippen MR) is 124 cm³/mol. The Morgan fingerprint density at radius 2 is 1.97 bits per heavy atom. The van der Waals surface area contributed by atoms with E-state index in [-0.39, 0.29) is 40.4 Å². The van der Waals surface area contributed by atoms with Crippen molar-refractivity contribution in [1.29, 1.82) is 0 Å². The minimum atomic E-state index is -3.77. The van der Waals surface area contributed by atoms with Gasteiger partial charge < -0.3 is 9.88 Å². The fourth-order valence-corrected chi connectivity index (χ4v) is 6.63. The first-order valence-corrected chi connectivity index (χ1v) is 12.8. The van der Waals surface area contributed by atoms with Gasteiger partial charge in [0.1, 0.15) is 5.82 Å². The standard InChI is InChI=1S/C21H21ClFN3O4S2/c1-25-18-6-5-14(11-19(18)31-21(25)28)24-20(27)13-7-9-26(10-8-13)32(29,30)12-15-16(22)3-2-4-17(15)23/h2-6,11,13H,7-10,12H2,1H3,(H,24,27). The number of hydrogen-bond acceptors (Lipinski definition) is 5. The van der Waals surface area contributed by atoms with E-state index >= 15 is 0 Å². The third kappa shape index (κ3) is 4.59. The van der Waals surface area contributed by atoms with Gasteiger partial charge in [-0.05, 0) is 43.2 Å². The van der Waals surface area contributed by atoms with Crippen LogP contribution in [0.25, 0.3) is 10.2 Å². The molecule has 0 atom stereocenters. The molecule has 3 aromatic rings. The van der Waals surface area contributed by atoms with Crippen LogP contribution in [-0.4, -0.2) is 36.3 Å². The molecule has 2 heterocycles.